The van der Waals surface area contributed by atoms with Gasteiger partial charge in [0.15, 0.2) is 0 Å². The molecule has 0 N–H and O–H groups in total. The van der Waals surface area contributed by atoms with Crippen molar-refractivity contribution in [3.8, 4) is 0 Å². The van der Waals surface area contributed by atoms with Crippen LogP contribution in [0.2, 0.25) is 0 Å². The number of benzene rings is 1. The maximum atomic E-state index is 2.39. The Morgan fingerprint density at radius 2 is 1.94 bits per heavy atom. The van der Waals surface area contributed by atoms with Crippen LogP contribution in [0.15, 0.2) is 17.7 Å². The van der Waals surface area contributed by atoms with Crippen LogP contribution in [0.5, 0.6) is 0 Å². The number of fused-ring (bicyclic) bond motifs is 1. The third-order valence-corrected chi connectivity index (χ3v) is 3.58. The second-order valence-electron chi connectivity index (χ2n) is 5.06. The van der Waals surface area contributed by atoms with Crippen molar-refractivity contribution in [3.63, 3.8) is 0 Å². The predicted molar refractivity (Wildman–Crippen MR) is 71.8 cm³/mol. The first kappa shape index (κ1) is 11.4. The van der Waals surface area contributed by atoms with Gasteiger partial charge in [-0.1, -0.05) is 43.5 Å². The maximum absolute atomic E-state index is 2.39. The number of hydrogen-bond acceptors (Lipinski definition) is 0. The molecule has 0 atom stereocenters. The quantitative estimate of drug-likeness (QED) is 0.638. The molecule has 0 fully saturated rings. The van der Waals surface area contributed by atoms with Crippen molar-refractivity contribution in [1.82, 2.24) is 0 Å². The van der Waals surface area contributed by atoms with Crippen LogP contribution in [-0.2, 0) is 12.8 Å². The molecule has 0 unspecified atom stereocenters. The van der Waals surface area contributed by atoms with E-state index in [9.17, 15) is 0 Å². The minimum absolute atomic E-state index is 1.17. The Morgan fingerprint density at radius 1 is 1.12 bits per heavy atom. The Labute approximate surface area is 99.4 Å². The first-order chi connectivity index (χ1) is 7.72. The Bertz CT molecular complexity index is 410. The van der Waals surface area contributed by atoms with E-state index >= 15 is 0 Å². The molecular weight excluding hydrogens is 192 g/mol. The minimum atomic E-state index is 1.17. The van der Waals surface area contributed by atoms with E-state index in [0.29, 0.717) is 0 Å². The molecular formula is C16H22. The lowest BCUT2D eigenvalue weighted by atomic mass is 9.95. The standard InChI is InChI=1S/C16H22/c1-4-5-6-7-14-9-8-13(3)15-10-12(2)11-16(14)15/h8-9,11H,4-7,10H2,1-3H3. The van der Waals surface area contributed by atoms with E-state index in [1.54, 1.807) is 11.1 Å². The van der Waals surface area contributed by atoms with Crippen molar-refractivity contribution in [2.24, 2.45) is 0 Å². The molecule has 0 spiro atoms. The van der Waals surface area contributed by atoms with Crippen LogP contribution in [0.25, 0.3) is 6.08 Å². The van der Waals surface area contributed by atoms with Gasteiger partial charge >= 0.3 is 0 Å². The molecule has 0 aromatic heterocycles. The second-order valence-corrected chi connectivity index (χ2v) is 5.06. The van der Waals surface area contributed by atoms with Crippen molar-refractivity contribution >= 4 is 6.08 Å². The predicted octanol–water partition coefficient (Wildman–Crippen LogP) is 4.69. The van der Waals surface area contributed by atoms with Crippen molar-refractivity contribution in [2.75, 3.05) is 0 Å². The molecule has 0 heteroatoms. The molecule has 0 amide bonds. The van der Waals surface area contributed by atoms with E-state index < -0.39 is 0 Å². The summed E-state index contributed by atoms with van der Waals surface area (Å²) in [6, 6.07) is 4.63. The van der Waals surface area contributed by atoms with Gasteiger partial charge in [-0.05, 0) is 55.4 Å². The molecule has 0 heterocycles. The fourth-order valence-corrected chi connectivity index (χ4v) is 2.60. The van der Waals surface area contributed by atoms with Crippen molar-refractivity contribution < 1.29 is 0 Å². The fourth-order valence-electron chi connectivity index (χ4n) is 2.60. The Balaban J connectivity index is 2.23. The highest BCUT2D eigenvalue weighted by Gasteiger charge is 2.15. The second kappa shape index (κ2) is 4.86. The van der Waals surface area contributed by atoms with Crippen LogP contribution in [0.1, 0.15) is 55.4 Å². The normalized spacial score (nSPS) is 13.8. The molecule has 0 aliphatic heterocycles. The first-order valence-corrected chi connectivity index (χ1v) is 6.51. The molecule has 16 heavy (non-hydrogen) atoms. The molecule has 2 rings (SSSR count). The van der Waals surface area contributed by atoms with Gasteiger partial charge in [0, 0.05) is 0 Å². The van der Waals surface area contributed by atoms with Crippen LogP contribution in [0.4, 0.5) is 0 Å². The molecule has 0 bridgehead atoms. The number of unbranched alkanes of at least 4 members (excludes halogenated alkanes) is 2. The van der Waals surface area contributed by atoms with Crippen LogP contribution >= 0.6 is 0 Å². The topological polar surface area (TPSA) is 0 Å². The summed E-state index contributed by atoms with van der Waals surface area (Å²) in [6.45, 7) is 6.75. The Kier molecular flexibility index (Phi) is 3.48. The van der Waals surface area contributed by atoms with Gasteiger partial charge in [0.05, 0.1) is 0 Å². The lowest BCUT2D eigenvalue weighted by molar-refractivity contribution is 0.716. The number of rotatable bonds is 4. The summed E-state index contributed by atoms with van der Waals surface area (Å²) in [5.74, 6) is 0. The van der Waals surface area contributed by atoms with Crippen LogP contribution < -0.4 is 0 Å². The molecule has 1 aromatic rings. The van der Waals surface area contributed by atoms with Crippen molar-refractivity contribution in [1.29, 1.82) is 0 Å². The highest BCUT2D eigenvalue weighted by molar-refractivity contribution is 5.68. The molecule has 1 aromatic carbocycles. The summed E-state index contributed by atoms with van der Waals surface area (Å²) in [4.78, 5) is 0. The highest BCUT2D eigenvalue weighted by atomic mass is 14.2. The van der Waals surface area contributed by atoms with Crippen molar-refractivity contribution in [3.05, 3.63) is 40.0 Å². The number of allylic oxidation sites excluding steroid dienone is 1. The van der Waals surface area contributed by atoms with Gasteiger partial charge in [0.25, 0.3) is 0 Å². The lowest BCUT2D eigenvalue weighted by Gasteiger charge is -2.10. The molecule has 86 valence electrons. The monoisotopic (exact) mass is 214 g/mol. The van der Waals surface area contributed by atoms with E-state index in [1.807, 2.05) is 0 Å². The highest BCUT2D eigenvalue weighted by Crippen LogP contribution is 2.31. The van der Waals surface area contributed by atoms with Crippen LogP contribution in [-0.4, -0.2) is 0 Å². The third kappa shape index (κ3) is 2.21. The summed E-state index contributed by atoms with van der Waals surface area (Å²) >= 11 is 0. The average molecular weight is 214 g/mol. The van der Waals surface area contributed by atoms with Gasteiger partial charge in [0.1, 0.15) is 0 Å². The first-order valence-electron chi connectivity index (χ1n) is 6.51. The Morgan fingerprint density at radius 3 is 2.69 bits per heavy atom. The zero-order valence-electron chi connectivity index (χ0n) is 10.8. The number of hydrogen-bond donors (Lipinski definition) is 0. The zero-order valence-corrected chi connectivity index (χ0v) is 10.8. The van der Waals surface area contributed by atoms with Gasteiger partial charge in [-0.25, -0.2) is 0 Å². The van der Waals surface area contributed by atoms with E-state index in [0.717, 1.165) is 0 Å². The van der Waals surface area contributed by atoms with E-state index in [-0.39, 0.29) is 0 Å². The molecule has 0 radical (unpaired) electrons. The van der Waals surface area contributed by atoms with Crippen molar-refractivity contribution in [2.45, 2.75) is 52.9 Å². The largest absolute Gasteiger partial charge is 0.0683 e. The smallest absolute Gasteiger partial charge is 0.00579 e. The number of aryl methyl sites for hydroxylation is 2. The van der Waals surface area contributed by atoms with E-state index in [2.05, 4.69) is 39.0 Å². The summed E-state index contributed by atoms with van der Waals surface area (Å²) in [7, 11) is 0. The van der Waals surface area contributed by atoms with Crippen LogP contribution in [0.3, 0.4) is 0 Å². The SMILES string of the molecule is CCCCCc1ccc(C)c2c1C=C(C)C2. The van der Waals surface area contributed by atoms with Gasteiger partial charge in [-0.2, -0.15) is 0 Å². The molecule has 0 saturated carbocycles. The fraction of sp³-hybridized carbons (Fsp3) is 0.500. The van der Waals surface area contributed by atoms with Gasteiger partial charge in [0.2, 0.25) is 0 Å². The zero-order chi connectivity index (χ0) is 11.5. The van der Waals surface area contributed by atoms with Gasteiger partial charge < -0.3 is 0 Å². The van der Waals surface area contributed by atoms with Gasteiger partial charge in [-0.15, -0.1) is 0 Å². The third-order valence-electron chi connectivity index (χ3n) is 3.58. The summed E-state index contributed by atoms with van der Waals surface area (Å²) in [5, 5.41) is 0. The molecule has 1 aliphatic carbocycles. The maximum Gasteiger partial charge on any atom is -0.00579 e. The molecule has 1 aliphatic rings. The average Bonchev–Trinajstić information content (AvgIpc) is 2.65. The van der Waals surface area contributed by atoms with E-state index in [4.69, 9.17) is 0 Å². The van der Waals surface area contributed by atoms with Crippen LogP contribution in [0, 0.1) is 6.92 Å². The minimum Gasteiger partial charge on any atom is -0.0683 e. The lowest BCUT2D eigenvalue weighted by Crippen LogP contribution is -1.95. The van der Waals surface area contributed by atoms with Gasteiger partial charge in [-0.3, -0.25) is 0 Å². The summed E-state index contributed by atoms with van der Waals surface area (Å²) < 4.78 is 0. The summed E-state index contributed by atoms with van der Waals surface area (Å²) in [6.07, 6.45) is 8.81. The molecule has 0 nitrogen and oxygen atoms in total. The van der Waals surface area contributed by atoms with E-state index in [1.165, 1.54) is 48.8 Å². The molecule has 0 saturated heterocycles. The summed E-state index contributed by atoms with van der Waals surface area (Å²) in [5.41, 5.74) is 7.65. The Hall–Kier alpha value is -1.04.